The number of aromatic nitrogens is 2. The first-order valence-electron chi connectivity index (χ1n) is 3.93. The molecular weight excluding hydrogens is 186 g/mol. The third-order valence-electron chi connectivity index (χ3n) is 1.93. The average Bonchev–Trinajstić information content (AvgIpc) is 2.41. The van der Waals surface area contributed by atoms with Gasteiger partial charge in [-0.05, 0) is 0 Å². The molecule has 2 rings (SSSR count). The van der Waals surface area contributed by atoms with E-state index in [0.29, 0.717) is 0 Å². The average molecular weight is 195 g/mol. The van der Waals surface area contributed by atoms with Crippen LogP contribution in [0.5, 0.6) is 0 Å². The van der Waals surface area contributed by atoms with E-state index in [2.05, 4.69) is 15.3 Å². The molecule has 1 aromatic rings. The molecule has 0 saturated carbocycles. The van der Waals surface area contributed by atoms with Gasteiger partial charge in [0.15, 0.2) is 12.2 Å². The quantitative estimate of drug-likeness (QED) is 0.467. The van der Waals surface area contributed by atoms with Gasteiger partial charge in [-0.1, -0.05) is 0 Å². The van der Waals surface area contributed by atoms with Crippen molar-refractivity contribution < 1.29 is 9.90 Å². The van der Waals surface area contributed by atoms with Crippen LogP contribution in [-0.2, 0) is 7.05 Å². The largest absolute Gasteiger partial charge is 0.370 e. The van der Waals surface area contributed by atoms with Crippen LogP contribution in [0.25, 0.3) is 0 Å². The number of carbonyl (C=O) groups excluding carboxylic acids is 1. The maximum absolute atomic E-state index is 11.5. The predicted octanol–water partition coefficient (Wildman–Crippen LogP) is -1.53. The van der Waals surface area contributed by atoms with Crippen LogP contribution in [0.3, 0.4) is 0 Å². The summed E-state index contributed by atoms with van der Waals surface area (Å²) in [6, 6.07) is 0. The highest BCUT2D eigenvalue weighted by Gasteiger charge is 2.26. The summed E-state index contributed by atoms with van der Waals surface area (Å²) in [5.41, 5.74) is 5.80. The van der Waals surface area contributed by atoms with E-state index in [1.165, 1.54) is 10.9 Å². The summed E-state index contributed by atoms with van der Waals surface area (Å²) >= 11 is 0. The van der Waals surface area contributed by atoms with Gasteiger partial charge in [-0.3, -0.25) is 10.1 Å². The summed E-state index contributed by atoms with van der Waals surface area (Å²) < 4.78 is 1.50. The molecule has 1 unspecified atom stereocenters. The van der Waals surface area contributed by atoms with Crippen molar-refractivity contribution in [1.29, 1.82) is 0 Å². The number of nitrogens with two attached hydrogens (primary N) is 1. The molecule has 1 aliphatic heterocycles. The van der Waals surface area contributed by atoms with Crippen LogP contribution in [0.4, 0.5) is 0 Å². The maximum atomic E-state index is 11.5. The minimum Gasteiger partial charge on any atom is -0.370 e. The first-order chi connectivity index (χ1) is 6.59. The molecule has 0 fully saturated rings. The number of aliphatic imine (C=N–C) groups is 1. The molecule has 1 atom stereocenters. The van der Waals surface area contributed by atoms with Gasteiger partial charge >= 0.3 is 0 Å². The molecule has 14 heavy (non-hydrogen) atoms. The molecule has 1 aliphatic rings. The Hall–Kier alpha value is -1.89. The Labute approximate surface area is 79.3 Å². The molecule has 7 heteroatoms. The second kappa shape index (κ2) is 2.81. The van der Waals surface area contributed by atoms with E-state index < -0.39 is 12.1 Å². The molecule has 1 amide bonds. The van der Waals surface area contributed by atoms with Crippen molar-refractivity contribution in [3.63, 3.8) is 0 Å². The molecule has 0 aliphatic carbocycles. The van der Waals surface area contributed by atoms with Gasteiger partial charge in [0.05, 0.1) is 6.33 Å². The van der Waals surface area contributed by atoms with Crippen molar-refractivity contribution in [2.75, 3.05) is 0 Å². The fraction of sp³-hybridized carbons (Fsp3) is 0.286. The molecule has 4 N–H and O–H groups in total. The summed E-state index contributed by atoms with van der Waals surface area (Å²) in [5.74, 6) is -0.529. The zero-order chi connectivity index (χ0) is 10.3. The number of aryl methyl sites for hydroxylation is 1. The lowest BCUT2D eigenvalue weighted by molar-refractivity contribution is 0.0966. The van der Waals surface area contributed by atoms with E-state index in [1.807, 2.05) is 0 Å². The fourth-order valence-electron chi connectivity index (χ4n) is 1.31. The van der Waals surface area contributed by atoms with Gasteiger partial charge in [-0.25, -0.2) is 9.98 Å². The molecule has 0 bridgehead atoms. The number of fused-ring (bicyclic) bond motifs is 1. The van der Waals surface area contributed by atoms with Crippen LogP contribution in [-0.4, -0.2) is 26.5 Å². The van der Waals surface area contributed by atoms with Crippen molar-refractivity contribution in [3.05, 3.63) is 17.7 Å². The number of amides is 1. The van der Waals surface area contributed by atoms with E-state index in [0.717, 1.165) is 0 Å². The number of rotatable bonds is 0. The van der Waals surface area contributed by atoms with Crippen molar-refractivity contribution in [2.24, 2.45) is 17.8 Å². The Kier molecular flexibility index (Phi) is 1.74. The minimum atomic E-state index is -1.19. The smallest absolute Gasteiger partial charge is 0.276 e. The molecule has 0 spiro atoms. The van der Waals surface area contributed by atoms with E-state index >= 15 is 0 Å². The van der Waals surface area contributed by atoms with Crippen LogP contribution >= 0.6 is 0 Å². The van der Waals surface area contributed by atoms with Crippen LogP contribution < -0.4 is 11.1 Å². The molecule has 7 nitrogen and oxygen atoms in total. The monoisotopic (exact) mass is 195 g/mol. The molecule has 1 aromatic heterocycles. The number of guanidine groups is 1. The van der Waals surface area contributed by atoms with Gasteiger partial charge in [0.25, 0.3) is 5.91 Å². The number of hydrogen-bond donors (Lipinski definition) is 3. The highest BCUT2D eigenvalue weighted by molar-refractivity contribution is 6.05. The SMILES string of the molecule is Cn1cnc2c1C(=O)NC(N)=NC2O. The van der Waals surface area contributed by atoms with Gasteiger partial charge < -0.3 is 15.4 Å². The topological polar surface area (TPSA) is 106 Å². The lowest BCUT2D eigenvalue weighted by Crippen LogP contribution is -2.36. The molecule has 2 heterocycles. The Morgan fingerprint density at radius 2 is 2.43 bits per heavy atom. The number of aliphatic hydroxyl groups excluding tert-OH is 1. The zero-order valence-electron chi connectivity index (χ0n) is 7.43. The first kappa shape index (κ1) is 8.70. The van der Waals surface area contributed by atoms with Crippen molar-refractivity contribution in [2.45, 2.75) is 6.23 Å². The van der Waals surface area contributed by atoms with Crippen molar-refractivity contribution in [3.8, 4) is 0 Å². The maximum Gasteiger partial charge on any atom is 0.276 e. The molecule has 0 aromatic carbocycles. The van der Waals surface area contributed by atoms with Gasteiger partial charge in [0.1, 0.15) is 11.4 Å². The van der Waals surface area contributed by atoms with Gasteiger partial charge in [-0.15, -0.1) is 0 Å². The summed E-state index contributed by atoms with van der Waals surface area (Å²) in [5, 5.41) is 11.8. The predicted molar refractivity (Wildman–Crippen MR) is 47.3 cm³/mol. The minimum absolute atomic E-state index is 0.111. The van der Waals surface area contributed by atoms with Crippen molar-refractivity contribution >= 4 is 11.9 Å². The molecule has 74 valence electrons. The van der Waals surface area contributed by atoms with E-state index in [9.17, 15) is 9.90 Å². The Bertz CT molecular complexity index is 422. The standard InChI is InChI=1S/C7H9N5O2/c1-12-2-9-3-4(12)6(14)11-7(8)10-5(3)13/h2,5,13H,1H3,(H3,8,10,11,14). The fourth-order valence-corrected chi connectivity index (χ4v) is 1.31. The highest BCUT2D eigenvalue weighted by atomic mass is 16.3. The number of nitrogens with zero attached hydrogens (tertiary/aromatic N) is 3. The zero-order valence-corrected chi connectivity index (χ0v) is 7.43. The lowest BCUT2D eigenvalue weighted by atomic mass is 10.3. The van der Waals surface area contributed by atoms with Gasteiger partial charge in [-0.2, -0.15) is 0 Å². The second-order valence-corrected chi connectivity index (χ2v) is 2.93. The van der Waals surface area contributed by atoms with Gasteiger partial charge in [0, 0.05) is 7.05 Å². The Balaban J connectivity index is 2.58. The van der Waals surface area contributed by atoms with Crippen LogP contribution in [0.2, 0.25) is 0 Å². The lowest BCUT2D eigenvalue weighted by Gasteiger charge is -2.01. The van der Waals surface area contributed by atoms with E-state index in [-0.39, 0.29) is 17.3 Å². The normalized spacial score (nSPS) is 20.9. The van der Waals surface area contributed by atoms with Crippen LogP contribution in [0.1, 0.15) is 22.4 Å². The third-order valence-corrected chi connectivity index (χ3v) is 1.93. The van der Waals surface area contributed by atoms with Crippen LogP contribution in [0.15, 0.2) is 11.3 Å². The number of nitrogens with one attached hydrogen (secondary N) is 1. The summed E-state index contributed by atoms with van der Waals surface area (Å²) in [4.78, 5) is 19.0. The van der Waals surface area contributed by atoms with Gasteiger partial charge in [0.2, 0.25) is 0 Å². The summed E-state index contributed by atoms with van der Waals surface area (Å²) in [6.07, 6.45) is 0.245. The number of aliphatic hydroxyl groups is 1. The second-order valence-electron chi connectivity index (χ2n) is 2.93. The van der Waals surface area contributed by atoms with Crippen LogP contribution in [0, 0.1) is 0 Å². The van der Waals surface area contributed by atoms with Crippen molar-refractivity contribution in [1.82, 2.24) is 14.9 Å². The Morgan fingerprint density at radius 1 is 1.71 bits per heavy atom. The number of imidazole rings is 1. The Morgan fingerprint density at radius 3 is 3.14 bits per heavy atom. The first-order valence-corrected chi connectivity index (χ1v) is 3.93. The third kappa shape index (κ3) is 1.14. The summed E-state index contributed by atoms with van der Waals surface area (Å²) in [7, 11) is 1.65. The molecular formula is C7H9N5O2. The van der Waals surface area contributed by atoms with E-state index in [4.69, 9.17) is 5.73 Å². The molecule has 0 radical (unpaired) electrons. The number of hydrogen-bond acceptors (Lipinski definition) is 5. The van der Waals surface area contributed by atoms with E-state index in [1.54, 1.807) is 7.05 Å². The highest BCUT2D eigenvalue weighted by Crippen LogP contribution is 2.18. The number of carbonyl (C=O) groups is 1. The molecule has 0 saturated heterocycles. The summed E-state index contributed by atoms with van der Waals surface area (Å²) in [6.45, 7) is 0.